The lowest BCUT2D eigenvalue weighted by atomic mass is 9.99. The summed E-state index contributed by atoms with van der Waals surface area (Å²) in [5.41, 5.74) is 1.89. The third-order valence-corrected chi connectivity index (χ3v) is 6.62. The Balaban J connectivity index is 1.40. The monoisotopic (exact) mass is 413 g/mol. The number of amides is 2. The molecule has 8 nitrogen and oxygen atoms in total. The first-order chi connectivity index (χ1) is 14.5. The van der Waals surface area contributed by atoms with Crippen LogP contribution in [0.2, 0.25) is 0 Å². The third kappa shape index (κ3) is 4.14. The number of imidazole rings is 1. The van der Waals surface area contributed by atoms with E-state index in [0.29, 0.717) is 23.5 Å². The number of H-pyrrole nitrogens is 1. The van der Waals surface area contributed by atoms with E-state index in [4.69, 9.17) is 0 Å². The fraction of sp³-hybridized carbons (Fsp3) is 0.591. The van der Waals surface area contributed by atoms with Gasteiger partial charge in [-0.2, -0.15) is 0 Å². The van der Waals surface area contributed by atoms with Crippen molar-refractivity contribution in [3.05, 3.63) is 34.2 Å². The van der Waals surface area contributed by atoms with Crippen molar-refractivity contribution < 1.29 is 9.59 Å². The Hall–Kier alpha value is -2.61. The first kappa shape index (κ1) is 20.7. The molecule has 162 valence electrons. The Morgan fingerprint density at radius 1 is 1.10 bits per heavy atom. The van der Waals surface area contributed by atoms with Crippen molar-refractivity contribution in [2.75, 3.05) is 39.8 Å². The van der Waals surface area contributed by atoms with Crippen LogP contribution in [0.3, 0.4) is 0 Å². The third-order valence-electron chi connectivity index (χ3n) is 6.62. The van der Waals surface area contributed by atoms with E-state index in [-0.39, 0.29) is 23.5 Å². The zero-order chi connectivity index (χ0) is 21.3. The lowest BCUT2D eigenvalue weighted by molar-refractivity contribution is -0.134. The van der Waals surface area contributed by atoms with Crippen molar-refractivity contribution in [3.8, 4) is 0 Å². The van der Waals surface area contributed by atoms with Crippen LogP contribution in [0.25, 0.3) is 11.0 Å². The molecule has 0 bridgehead atoms. The Bertz CT molecular complexity index is 978. The average Bonchev–Trinajstić information content (AvgIpc) is 3.09. The number of piperidine rings is 2. The quantitative estimate of drug-likeness (QED) is 0.796. The molecule has 2 aliphatic heterocycles. The van der Waals surface area contributed by atoms with Gasteiger partial charge in [-0.1, -0.05) is 6.92 Å². The maximum atomic E-state index is 12.6. The predicted octanol–water partition coefficient (Wildman–Crippen LogP) is 1.58. The summed E-state index contributed by atoms with van der Waals surface area (Å²) >= 11 is 0. The van der Waals surface area contributed by atoms with E-state index in [1.54, 1.807) is 19.2 Å². The van der Waals surface area contributed by atoms with E-state index >= 15 is 0 Å². The summed E-state index contributed by atoms with van der Waals surface area (Å²) in [5, 5.41) is 2.60. The largest absolute Gasteiger partial charge is 0.355 e. The van der Waals surface area contributed by atoms with Crippen LogP contribution < -0.4 is 11.0 Å². The minimum absolute atomic E-state index is 0.0966. The van der Waals surface area contributed by atoms with Crippen LogP contribution in [0.15, 0.2) is 23.0 Å². The van der Waals surface area contributed by atoms with Crippen LogP contribution in [0.5, 0.6) is 0 Å². The van der Waals surface area contributed by atoms with Gasteiger partial charge in [-0.3, -0.25) is 19.1 Å². The van der Waals surface area contributed by atoms with Gasteiger partial charge in [-0.25, -0.2) is 4.79 Å². The van der Waals surface area contributed by atoms with Gasteiger partial charge in [0.25, 0.3) is 5.91 Å². The lowest BCUT2D eigenvalue weighted by Crippen LogP contribution is -2.46. The highest BCUT2D eigenvalue weighted by Gasteiger charge is 2.27. The Morgan fingerprint density at radius 2 is 1.80 bits per heavy atom. The van der Waals surface area contributed by atoms with Gasteiger partial charge >= 0.3 is 5.69 Å². The van der Waals surface area contributed by atoms with Crippen molar-refractivity contribution in [1.82, 2.24) is 24.7 Å². The molecule has 4 rings (SSSR count). The Labute approximate surface area is 176 Å². The minimum atomic E-state index is -0.174. The standard InChI is InChI=1S/C22H31N5O3/c1-15-5-11-26(12-6-15)20(28)14-25-9-7-17(8-10-25)27-19-4-3-16(21(29)23-2)13-18(19)24-22(27)30/h3-4,13,15,17H,5-12,14H2,1-2H3,(H,23,29)(H,24,30). The molecule has 0 aliphatic carbocycles. The molecule has 2 aromatic rings. The minimum Gasteiger partial charge on any atom is -0.355 e. The molecule has 8 heteroatoms. The molecule has 0 saturated carbocycles. The van der Waals surface area contributed by atoms with Gasteiger partial charge < -0.3 is 15.2 Å². The van der Waals surface area contributed by atoms with Crippen LogP contribution in [0.4, 0.5) is 0 Å². The van der Waals surface area contributed by atoms with Gasteiger partial charge in [-0.05, 0) is 49.8 Å². The maximum Gasteiger partial charge on any atom is 0.326 e. The number of aromatic amines is 1. The number of nitrogens with zero attached hydrogens (tertiary/aromatic N) is 3. The Morgan fingerprint density at radius 3 is 2.47 bits per heavy atom. The summed E-state index contributed by atoms with van der Waals surface area (Å²) in [4.78, 5) is 44.2. The van der Waals surface area contributed by atoms with Crippen molar-refractivity contribution in [2.24, 2.45) is 5.92 Å². The summed E-state index contributed by atoms with van der Waals surface area (Å²) in [6, 6.07) is 5.40. The van der Waals surface area contributed by atoms with E-state index in [0.717, 1.165) is 57.4 Å². The topological polar surface area (TPSA) is 90.4 Å². The van der Waals surface area contributed by atoms with E-state index in [9.17, 15) is 14.4 Å². The van der Waals surface area contributed by atoms with Crippen LogP contribution in [-0.4, -0.2) is 70.9 Å². The predicted molar refractivity (Wildman–Crippen MR) is 116 cm³/mol. The number of rotatable bonds is 4. The molecule has 30 heavy (non-hydrogen) atoms. The number of hydrogen-bond donors (Lipinski definition) is 2. The van der Waals surface area contributed by atoms with E-state index in [2.05, 4.69) is 22.1 Å². The summed E-state index contributed by atoms with van der Waals surface area (Å²) in [5.74, 6) is 0.768. The molecular formula is C22H31N5O3. The molecule has 0 unspecified atom stereocenters. The number of carbonyl (C=O) groups excluding carboxylic acids is 2. The molecule has 0 spiro atoms. The molecule has 3 heterocycles. The van der Waals surface area contributed by atoms with Crippen LogP contribution in [0, 0.1) is 5.92 Å². The van der Waals surface area contributed by atoms with Crippen molar-refractivity contribution in [2.45, 2.75) is 38.6 Å². The molecule has 1 aromatic heterocycles. The second kappa shape index (κ2) is 8.63. The number of aromatic nitrogens is 2. The zero-order valence-corrected chi connectivity index (χ0v) is 17.8. The van der Waals surface area contributed by atoms with Crippen molar-refractivity contribution in [3.63, 3.8) is 0 Å². The number of hydrogen-bond acceptors (Lipinski definition) is 4. The van der Waals surface area contributed by atoms with Crippen LogP contribution in [0.1, 0.15) is 49.0 Å². The van der Waals surface area contributed by atoms with Gasteiger partial charge in [0.15, 0.2) is 0 Å². The van der Waals surface area contributed by atoms with E-state index in [1.165, 1.54) is 0 Å². The van der Waals surface area contributed by atoms with Gasteiger partial charge in [0.2, 0.25) is 5.91 Å². The molecule has 0 radical (unpaired) electrons. The molecule has 2 aliphatic rings. The van der Waals surface area contributed by atoms with Gasteiger partial charge in [0.05, 0.1) is 17.6 Å². The molecule has 2 fully saturated rings. The summed E-state index contributed by atoms with van der Waals surface area (Å²) in [6.45, 7) is 6.07. The highest BCUT2D eigenvalue weighted by atomic mass is 16.2. The molecule has 2 saturated heterocycles. The molecule has 2 amide bonds. The second-order valence-corrected chi connectivity index (χ2v) is 8.68. The summed E-state index contributed by atoms with van der Waals surface area (Å²) < 4.78 is 1.81. The summed E-state index contributed by atoms with van der Waals surface area (Å²) in [6.07, 6.45) is 3.85. The molecule has 1 aromatic carbocycles. The van der Waals surface area contributed by atoms with Gasteiger partial charge in [0, 0.05) is 44.8 Å². The number of benzene rings is 1. The van der Waals surface area contributed by atoms with E-state index < -0.39 is 0 Å². The fourth-order valence-electron chi connectivity index (χ4n) is 4.66. The maximum absolute atomic E-state index is 12.6. The Kier molecular flexibility index (Phi) is 5.94. The fourth-order valence-corrected chi connectivity index (χ4v) is 4.66. The lowest BCUT2D eigenvalue weighted by Gasteiger charge is -2.35. The zero-order valence-electron chi connectivity index (χ0n) is 17.8. The van der Waals surface area contributed by atoms with Crippen LogP contribution in [-0.2, 0) is 4.79 Å². The normalized spacial score (nSPS) is 19.3. The highest BCUT2D eigenvalue weighted by molar-refractivity contribution is 5.97. The molecular weight excluding hydrogens is 382 g/mol. The number of fused-ring (bicyclic) bond motifs is 1. The van der Waals surface area contributed by atoms with Crippen molar-refractivity contribution in [1.29, 1.82) is 0 Å². The van der Waals surface area contributed by atoms with Gasteiger partial charge in [0.1, 0.15) is 0 Å². The summed E-state index contributed by atoms with van der Waals surface area (Å²) in [7, 11) is 1.59. The first-order valence-electron chi connectivity index (χ1n) is 10.9. The van der Waals surface area contributed by atoms with Crippen molar-refractivity contribution >= 4 is 22.8 Å². The number of carbonyl (C=O) groups is 2. The van der Waals surface area contributed by atoms with E-state index in [1.807, 2.05) is 15.5 Å². The number of likely N-dealkylation sites (tertiary alicyclic amines) is 2. The molecule has 2 N–H and O–H groups in total. The molecule has 0 atom stereocenters. The average molecular weight is 414 g/mol. The second-order valence-electron chi connectivity index (χ2n) is 8.68. The highest BCUT2D eigenvalue weighted by Crippen LogP contribution is 2.25. The SMILES string of the molecule is CNC(=O)c1ccc2c(c1)[nH]c(=O)n2C1CCN(CC(=O)N2CCC(C)CC2)CC1. The number of nitrogens with one attached hydrogen (secondary N) is 2. The van der Waals surface area contributed by atoms with Crippen LogP contribution >= 0.6 is 0 Å². The van der Waals surface area contributed by atoms with Gasteiger partial charge in [-0.15, -0.1) is 0 Å². The first-order valence-corrected chi connectivity index (χ1v) is 10.9. The smallest absolute Gasteiger partial charge is 0.326 e.